The second kappa shape index (κ2) is 8.93. The number of aryl methyl sites for hydroxylation is 1. The van der Waals surface area contributed by atoms with Crippen LogP contribution in [0.25, 0.3) is 16.7 Å². The lowest BCUT2D eigenvalue weighted by atomic mass is 10.1. The number of fused-ring (bicyclic) bond motifs is 3. The van der Waals surface area contributed by atoms with Crippen molar-refractivity contribution in [2.45, 2.75) is 33.9 Å². The van der Waals surface area contributed by atoms with Crippen LogP contribution >= 0.6 is 0 Å². The summed E-state index contributed by atoms with van der Waals surface area (Å²) in [7, 11) is 1.64. The van der Waals surface area contributed by atoms with Crippen molar-refractivity contribution >= 4 is 22.4 Å². The Labute approximate surface area is 196 Å². The molecule has 0 bridgehead atoms. The first-order valence-corrected chi connectivity index (χ1v) is 10.9. The van der Waals surface area contributed by atoms with Crippen molar-refractivity contribution in [2.24, 2.45) is 5.16 Å². The van der Waals surface area contributed by atoms with E-state index in [1.165, 1.54) is 0 Å². The first-order chi connectivity index (χ1) is 16.5. The summed E-state index contributed by atoms with van der Waals surface area (Å²) in [5.74, 6) is 1.34. The Bertz CT molecular complexity index is 1490. The van der Waals surface area contributed by atoms with Gasteiger partial charge in [0.1, 0.15) is 17.7 Å². The predicted molar refractivity (Wildman–Crippen MR) is 129 cm³/mol. The molecule has 0 amide bonds. The molecule has 9 heteroatoms. The monoisotopic (exact) mass is 455 g/mol. The molecule has 0 saturated carbocycles. The molecule has 0 atom stereocenters. The van der Waals surface area contributed by atoms with Crippen LogP contribution in [0.15, 0.2) is 60.3 Å². The molecule has 1 aromatic carbocycles. The summed E-state index contributed by atoms with van der Waals surface area (Å²) < 4.78 is 9.10. The van der Waals surface area contributed by atoms with Gasteiger partial charge in [0.15, 0.2) is 18.1 Å². The molecule has 0 fully saturated rings. The summed E-state index contributed by atoms with van der Waals surface area (Å²) in [6.45, 7) is 6.96. The van der Waals surface area contributed by atoms with Gasteiger partial charge >= 0.3 is 0 Å². The number of hydrogen-bond donors (Lipinski definition) is 0. The quantitative estimate of drug-likeness (QED) is 0.271. The van der Waals surface area contributed by atoms with Crippen molar-refractivity contribution in [3.05, 3.63) is 83.3 Å². The van der Waals surface area contributed by atoms with Crippen molar-refractivity contribution < 1.29 is 9.57 Å². The number of pyridine rings is 1. The third-order valence-electron chi connectivity index (χ3n) is 5.98. The van der Waals surface area contributed by atoms with Crippen LogP contribution in [0.5, 0.6) is 5.75 Å². The Morgan fingerprint density at radius 2 is 1.79 bits per heavy atom. The Hall–Kier alpha value is -4.27. The highest BCUT2D eigenvalue weighted by Gasteiger charge is 2.18. The first kappa shape index (κ1) is 21.6. The van der Waals surface area contributed by atoms with Crippen molar-refractivity contribution in [2.75, 3.05) is 7.11 Å². The van der Waals surface area contributed by atoms with E-state index >= 15 is 0 Å². The van der Waals surface area contributed by atoms with Crippen LogP contribution in [0.4, 0.5) is 0 Å². The molecule has 5 rings (SSSR count). The van der Waals surface area contributed by atoms with Gasteiger partial charge < -0.3 is 14.1 Å². The van der Waals surface area contributed by atoms with Gasteiger partial charge in [-0.3, -0.25) is 4.98 Å². The van der Waals surface area contributed by atoms with E-state index in [9.17, 15) is 0 Å². The van der Waals surface area contributed by atoms with Crippen LogP contribution in [0.3, 0.4) is 0 Å². The summed E-state index contributed by atoms with van der Waals surface area (Å²) in [4.78, 5) is 19.1. The number of oxime groups is 1. The number of aromatic nitrogens is 6. The molecule has 0 aliphatic heterocycles. The maximum atomic E-state index is 5.56. The van der Waals surface area contributed by atoms with Crippen LogP contribution < -0.4 is 4.74 Å². The highest BCUT2D eigenvalue weighted by atomic mass is 16.6. The largest absolute Gasteiger partial charge is 0.497 e. The Balaban J connectivity index is 1.40. The normalized spacial score (nSPS) is 11.9. The van der Waals surface area contributed by atoms with Crippen LogP contribution in [-0.2, 0) is 18.0 Å². The minimum atomic E-state index is 0.159. The molecule has 0 aliphatic carbocycles. The van der Waals surface area contributed by atoms with Gasteiger partial charge in [-0.2, -0.15) is 0 Å². The number of hydrogen-bond acceptors (Lipinski definition) is 7. The molecule has 4 heterocycles. The Morgan fingerprint density at radius 1 is 1.03 bits per heavy atom. The summed E-state index contributed by atoms with van der Waals surface area (Å²) in [6.07, 6.45) is 5.30. The van der Waals surface area contributed by atoms with E-state index < -0.39 is 0 Å². The van der Waals surface area contributed by atoms with E-state index in [-0.39, 0.29) is 6.61 Å². The van der Waals surface area contributed by atoms with Gasteiger partial charge in [-0.05, 0) is 73.9 Å². The molecule has 4 aromatic heterocycles. The number of ether oxygens (including phenoxy) is 1. The van der Waals surface area contributed by atoms with Crippen LogP contribution in [0, 0.1) is 13.8 Å². The number of benzene rings is 1. The third kappa shape index (κ3) is 3.96. The summed E-state index contributed by atoms with van der Waals surface area (Å²) in [6, 6.07) is 11.7. The Morgan fingerprint density at radius 3 is 2.53 bits per heavy atom. The van der Waals surface area contributed by atoms with Gasteiger partial charge in [0.05, 0.1) is 18.2 Å². The number of nitrogens with zero attached hydrogens (tertiary/aromatic N) is 7. The summed E-state index contributed by atoms with van der Waals surface area (Å²) in [5.41, 5.74) is 6.80. The average molecular weight is 456 g/mol. The molecular weight excluding hydrogens is 430 g/mol. The minimum absolute atomic E-state index is 0.159. The van der Waals surface area contributed by atoms with Crippen molar-refractivity contribution in [1.29, 1.82) is 0 Å². The molecule has 5 aromatic rings. The zero-order valence-corrected chi connectivity index (χ0v) is 19.6. The van der Waals surface area contributed by atoms with Gasteiger partial charge in [-0.1, -0.05) is 5.16 Å². The molecule has 0 radical (unpaired) electrons. The smallest absolute Gasteiger partial charge is 0.192 e. The standard InChI is InChI=1S/C25H25N7O2/c1-16-18(3)31(13-19-9-11-26-12-10-19)24-23(16)25-28-22(29-32(25)15-27-24)14-34-30-17(2)20-5-7-21(33-4)8-6-20/h5-12,15H,13-14H2,1-4H3. The molecule has 0 unspecified atom stereocenters. The molecule has 0 saturated heterocycles. The fourth-order valence-electron chi connectivity index (χ4n) is 3.97. The minimum Gasteiger partial charge on any atom is -0.497 e. The highest BCUT2D eigenvalue weighted by molar-refractivity contribution is 5.98. The maximum Gasteiger partial charge on any atom is 0.192 e. The molecule has 0 aliphatic rings. The van der Waals surface area contributed by atoms with E-state index in [4.69, 9.17) is 19.5 Å². The van der Waals surface area contributed by atoms with E-state index in [1.54, 1.807) is 30.3 Å². The number of rotatable bonds is 7. The van der Waals surface area contributed by atoms with Gasteiger partial charge in [0.25, 0.3) is 0 Å². The molecule has 0 N–H and O–H groups in total. The van der Waals surface area contributed by atoms with Gasteiger partial charge in [-0.15, -0.1) is 5.10 Å². The summed E-state index contributed by atoms with van der Waals surface area (Å²) >= 11 is 0. The molecule has 9 nitrogen and oxygen atoms in total. The van der Waals surface area contributed by atoms with Crippen LogP contribution in [-0.4, -0.2) is 42.0 Å². The van der Waals surface area contributed by atoms with Gasteiger partial charge in [-0.25, -0.2) is 14.5 Å². The number of methoxy groups -OCH3 is 1. The molecular formula is C25H25N7O2. The second-order valence-electron chi connectivity index (χ2n) is 8.07. The van der Waals surface area contributed by atoms with E-state index in [0.717, 1.165) is 50.5 Å². The topological polar surface area (TPSA) is 91.7 Å². The zero-order chi connectivity index (χ0) is 23.7. The van der Waals surface area contributed by atoms with Crippen LogP contribution in [0.2, 0.25) is 0 Å². The maximum absolute atomic E-state index is 5.56. The third-order valence-corrected chi connectivity index (χ3v) is 5.98. The average Bonchev–Trinajstić information content (AvgIpc) is 3.39. The van der Waals surface area contributed by atoms with Crippen molar-refractivity contribution in [3.63, 3.8) is 0 Å². The van der Waals surface area contributed by atoms with Gasteiger partial charge in [0, 0.05) is 24.6 Å². The van der Waals surface area contributed by atoms with E-state index in [2.05, 4.69) is 33.7 Å². The Kier molecular flexibility index (Phi) is 5.67. The van der Waals surface area contributed by atoms with Crippen molar-refractivity contribution in [3.8, 4) is 5.75 Å². The van der Waals surface area contributed by atoms with E-state index in [1.807, 2.05) is 43.3 Å². The first-order valence-electron chi connectivity index (χ1n) is 10.9. The SMILES string of the molecule is COc1ccc(C(C)=NOCc2nc3c4c(C)c(C)n(Cc5ccncc5)c4ncn3n2)cc1. The van der Waals surface area contributed by atoms with E-state index in [0.29, 0.717) is 12.4 Å². The molecule has 34 heavy (non-hydrogen) atoms. The lowest BCUT2D eigenvalue weighted by Gasteiger charge is -2.07. The lowest BCUT2D eigenvalue weighted by Crippen LogP contribution is -2.03. The highest BCUT2D eigenvalue weighted by Crippen LogP contribution is 2.27. The fourth-order valence-corrected chi connectivity index (χ4v) is 3.97. The van der Waals surface area contributed by atoms with Crippen molar-refractivity contribution in [1.82, 2.24) is 29.1 Å². The predicted octanol–water partition coefficient (Wildman–Crippen LogP) is 4.09. The molecule has 172 valence electrons. The fraction of sp³-hybridized carbons (Fsp3) is 0.240. The van der Waals surface area contributed by atoms with Gasteiger partial charge in [0.2, 0.25) is 0 Å². The summed E-state index contributed by atoms with van der Waals surface area (Å²) in [5, 5.41) is 9.75. The molecule has 0 spiro atoms. The van der Waals surface area contributed by atoms with Crippen LogP contribution in [0.1, 0.15) is 35.1 Å². The zero-order valence-electron chi connectivity index (χ0n) is 19.6. The lowest BCUT2D eigenvalue weighted by molar-refractivity contribution is 0.125. The second-order valence-corrected chi connectivity index (χ2v) is 8.07.